The number of carbonyl (C=O) groups excluding carboxylic acids is 1. The molecule has 1 aromatic carbocycles. The monoisotopic (exact) mass is 419 g/mol. The van der Waals surface area contributed by atoms with E-state index in [2.05, 4.69) is 25.4 Å². The van der Waals surface area contributed by atoms with Gasteiger partial charge in [0.25, 0.3) is 12.4 Å². The molecule has 0 fully saturated rings. The van der Waals surface area contributed by atoms with Crippen LogP contribution in [0.4, 0.5) is 4.39 Å². The van der Waals surface area contributed by atoms with Crippen LogP contribution in [0.1, 0.15) is 21.7 Å². The first kappa shape index (κ1) is 21.0. The summed E-state index contributed by atoms with van der Waals surface area (Å²) in [6, 6.07) is 11.1. The maximum atomic E-state index is 14.1. The summed E-state index contributed by atoms with van der Waals surface area (Å²) in [5.74, 6) is -1.09. The van der Waals surface area contributed by atoms with E-state index >= 15 is 0 Å². The maximum Gasteiger partial charge on any atom is 0.290 e. The molecule has 0 radical (unpaired) electrons. The van der Waals surface area contributed by atoms with E-state index < -0.39 is 11.7 Å². The number of nitriles is 1. The summed E-state index contributed by atoms with van der Waals surface area (Å²) >= 11 is 0. The highest BCUT2D eigenvalue weighted by molar-refractivity contribution is 5.95. The van der Waals surface area contributed by atoms with Gasteiger partial charge >= 0.3 is 0 Å². The molecule has 0 atom stereocenters. The quantitative estimate of drug-likeness (QED) is 0.476. The Morgan fingerprint density at radius 3 is 2.77 bits per heavy atom. The van der Waals surface area contributed by atoms with Crippen LogP contribution in [0.2, 0.25) is 0 Å². The van der Waals surface area contributed by atoms with Crippen LogP contribution in [0.3, 0.4) is 0 Å². The number of hydrogen-bond donors (Lipinski definition) is 2. The summed E-state index contributed by atoms with van der Waals surface area (Å²) in [4.78, 5) is 33.0. The zero-order chi connectivity index (χ0) is 22.2. The molecule has 0 aliphatic carbocycles. The topological polar surface area (TPSA) is 146 Å². The summed E-state index contributed by atoms with van der Waals surface area (Å²) in [6.07, 6.45) is 4.20. The van der Waals surface area contributed by atoms with Crippen LogP contribution >= 0.6 is 0 Å². The SMILES string of the molecule is N#Cc1nccnc1-c1cc(F)cc(C(=O)NCc2cccc3ncnn23)c1.O=CO. The van der Waals surface area contributed by atoms with E-state index in [0.29, 0.717) is 11.2 Å². The lowest BCUT2D eigenvalue weighted by molar-refractivity contribution is -0.122. The van der Waals surface area contributed by atoms with Crippen molar-refractivity contribution in [2.45, 2.75) is 6.54 Å². The van der Waals surface area contributed by atoms with Gasteiger partial charge < -0.3 is 10.4 Å². The fourth-order valence-corrected chi connectivity index (χ4v) is 2.80. The first-order valence-electron chi connectivity index (χ1n) is 8.73. The van der Waals surface area contributed by atoms with Gasteiger partial charge in [-0.25, -0.2) is 18.9 Å². The van der Waals surface area contributed by atoms with Gasteiger partial charge in [-0.05, 0) is 30.3 Å². The number of fused-ring (bicyclic) bond motifs is 1. The van der Waals surface area contributed by atoms with Gasteiger partial charge in [-0.1, -0.05) is 6.07 Å². The van der Waals surface area contributed by atoms with Gasteiger partial charge in [-0.3, -0.25) is 14.6 Å². The lowest BCUT2D eigenvalue weighted by Gasteiger charge is -2.09. The summed E-state index contributed by atoms with van der Waals surface area (Å²) in [5.41, 5.74) is 2.05. The number of amides is 1. The molecular weight excluding hydrogens is 405 g/mol. The molecule has 0 saturated carbocycles. The zero-order valence-corrected chi connectivity index (χ0v) is 15.8. The summed E-state index contributed by atoms with van der Waals surface area (Å²) in [7, 11) is 0. The van der Waals surface area contributed by atoms with Crippen LogP contribution in [0, 0.1) is 17.1 Å². The Morgan fingerprint density at radius 1 is 1.23 bits per heavy atom. The van der Waals surface area contributed by atoms with Crippen LogP contribution in [0.5, 0.6) is 0 Å². The highest BCUT2D eigenvalue weighted by atomic mass is 19.1. The van der Waals surface area contributed by atoms with E-state index in [-0.39, 0.29) is 30.0 Å². The number of benzene rings is 1. The normalized spacial score (nSPS) is 9.94. The molecule has 0 aliphatic rings. The average molecular weight is 419 g/mol. The van der Waals surface area contributed by atoms with Crippen molar-refractivity contribution in [1.82, 2.24) is 29.9 Å². The molecule has 0 saturated heterocycles. The smallest absolute Gasteiger partial charge is 0.290 e. The van der Waals surface area contributed by atoms with Gasteiger partial charge in [0.1, 0.15) is 23.9 Å². The fraction of sp³-hybridized carbons (Fsp3) is 0.0500. The fourth-order valence-electron chi connectivity index (χ4n) is 2.80. The van der Waals surface area contributed by atoms with Gasteiger partial charge in [-0.2, -0.15) is 10.4 Å². The van der Waals surface area contributed by atoms with Gasteiger partial charge in [0, 0.05) is 23.5 Å². The molecule has 11 heteroatoms. The van der Waals surface area contributed by atoms with Crippen LogP contribution in [0.25, 0.3) is 16.9 Å². The Hall–Kier alpha value is -4.72. The highest BCUT2D eigenvalue weighted by Crippen LogP contribution is 2.22. The van der Waals surface area contributed by atoms with Crippen molar-refractivity contribution < 1.29 is 19.1 Å². The largest absolute Gasteiger partial charge is 0.483 e. The molecule has 3 aromatic heterocycles. The van der Waals surface area contributed by atoms with Crippen molar-refractivity contribution in [1.29, 1.82) is 5.26 Å². The summed E-state index contributed by atoms with van der Waals surface area (Å²) in [5, 5.41) is 22.9. The third kappa shape index (κ3) is 4.83. The third-order valence-electron chi connectivity index (χ3n) is 4.05. The standard InChI is InChI=1S/C19H12FN7O.CH2O2/c20-14-7-12(18-16(9-21)22-4-5-23-18)6-13(8-14)19(28)24-10-15-2-1-3-17-25-11-26-27(15)17;2-1-3/h1-8,11H,10H2,(H,24,28);1H,(H,2,3). The highest BCUT2D eigenvalue weighted by Gasteiger charge is 2.14. The number of carbonyl (C=O) groups is 2. The number of rotatable bonds is 4. The van der Waals surface area contributed by atoms with E-state index in [1.807, 2.05) is 12.1 Å². The molecule has 0 spiro atoms. The van der Waals surface area contributed by atoms with Crippen LogP contribution < -0.4 is 5.32 Å². The van der Waals surface area contributed by atoms with E-state index in [0.717, 1.165) is 11.8 Å². The van der Waals surface area contributed by atoms with Crippen LogP contribution in [-0.4, -0.2) is 42.1 Å². The Kier molecular flexibility index (Phi) is 6.54. The molecule has 1 amide bonds. The number of carboxylic acid groups (broad SMARTS) is 1. The van der Waals surface area contributed by atoms with Crippen molar-refractivity contribution >= 4 is 18.0 Å². The molecule has 0 aliphatic heterocycles. The summed E-state index contributed by atoms with van der Waals surface area (Å²) in [6.45, 7) is -0.0695. The first-order chi connectivity index (χ1) is 15.1. The lowest BCUT2D eigenvalue weighted by atomic mass is 10.1. The number of aromatic nitrogens is 5. The van der Waals surface area contributed by atoms with Gasteiger partial charge in [0.2, 0.25) is 0 Å². The molecular formula is C20H14FN7O3. The van der Waals surface area contributed by atoms with E-state index in [9.17, 15) is 9.18 Å². The molecule has 0 unspecified atom stereocenters. The number of hydrogen-bond acceptors (Lipinski definition) is 7. The maximum absolute atomic E-state index is 14.1. The molecule has 10 nitrogen and oxygen atoms in total. The minimum Gasteiger partial charge on any atom is -0.483 e. The molecule has 4 aromatic rings. The molecule has 31 heavy (non-hydrogen) atoms. The Bertz CT molecular complexity index is 1280. The Labute approximate surface area is 174 Å². The minimum atomic E-state index is -0.615. The first-order valence-corrected chi connectivity index (χ1v) is 8.73. The zero-order valence-electron chi connectivity index (χ0n) is 15.8. The number of nitrogens with zero attached hydrogens (tertiary/aromatic N) is 6. The lowest BCUT2D eigenvalue weighted by Crippen LogP contribution is -2.24. The van der Waals surface area contributed by atoms with Crippen molar-refractivity contribution in [3.05, 3.63) is 77.9 Å². The van der Waals surface area contributed by atoms with Crippen LogP contribution in [-0.2, 0) is 11.3 Å². The van der Waals surface area contributed by atoms with Crippen molar-refractivity contribution in [3.8, 4) is 17.3 Å². The van der Waals surface area contributed by atoms with E-state index in [4.69, 9.17) is 15.2 Å². The number of nitrogens with one attached hydrogen (secondary N) is 1. The Balaban J connectivity index is 0.000000858. The Morgan fingerprint density at radius 2 is 2.00 bits per heavy atom. The molecule has 2 N–H and O–H groups in total. The van der Waals surface area contributed by atoms with E-state index in [1.54, 1.807) is 16.6 Å². The number of halogens is 1. The van der Waals surface area contributed by atoms with E-state index in [1.165, 1.54) is 30.9 Å². The molecule has 154 valence electrons. The van der Waals surface area contributed by atoms with Crippen molar-refractivity contribution in [2.24, 2.45) is 0 Å². The third-order valence-corrected chi connectivity index (χ3v) is 4.05. The minimum absolute atomic E-state index is 0.0531. The molecule has 0 bridgehead atoms. The summed E-state index contributed by atoms with van der Waals surface area (Å²) < 4.78 is 15.7. The van der Waals surface area contributed by atoms with Crippen LogP contribution in [0.15, 0.2) is 55.1 Å². The van der Waals surface area contributed by atoms with Crippen molar-refractivity contribution in [3.63, 3.8) is 0 Å². The van der Waals surface area contributed by atoms with Gasteiger partial charge in [-0.15, -0.1) is 0 Å². The molecule has 4 rings (SSSR count). The predicted octanol–water partition coefficient (Wildman–Crippen LogP) is 1.83. The van der Waals surface area contributed by atoms with Crippen molar-refractivity contribution in [2.75, 3.05) is 0 Å². The molecule has 3 heterocycles. The second kappa shape index (κ2) is 9.66. The van der Waals surface area contributed by atoms with Gasteiger partial charge in [0.05, 0.1) is 12.2 Å². The second-order valence-corrected chi connectivity index (χ2v) is 5.93. The predicted molar refractivity (Wildman–Crippen MR) is 105 cm³/mol. The second-order valence-electron chi connectivity index (χ2n) is 5.93. The number of pyridine rings is 1. The van der Waals surface area contributed by atoms with Gasteiger partial charge in [0.15, 0.2) is 11.3 Å². The average Bonchev–Trinajstić information content (AvgIpc) is 3.27.